The highest BCUT2D eigenvalue weighted by Gasteiger charge is 2.06. The monoisotopic (exact) mass is 282 g/mol. The molecule has 0 spiro atoms. The standard InChI is InChI=1S/C13H12Cl2N2O/c1-16-13-7-6-9(14)11(17-13)8-18-12-5-3-2-4-10(12)15/h2-7H,8H2,1H3,(H,16,17). The van der Waals surface area contributed by atoms with Crippen molar-refractivity contribution in [1.29, 1.82) is 0 Å². The van der Waals surface area contributed by atoms with Gasteiger partial charge in [-0.3, -0.25) is 0 Å². The van der Waals surface area contributed by atoms with Crippen LogP contribution in [0.15, 0.2) is 36.4 Å². The molecule has 0 radical (unpaired) electrons. The van der Waals surface area contributed by atoms with E-state index in [9.17, 15) is 0 Å². The number of rotatable bonds is 4. The second-order valence-electron chi connectivity index (χ2n) is 3.59. The van der Waals surface area contributed by atoms with Crippen LogP contribution >= 0.6 is 23.2 Å². The van der Waals surface area contributed by atoms with Crippen molar-refractivity contribution in [3.8, 4) is 5.75 Å². The Balaban J connectivity index is 2.13. The van der Waals surface area contributed by atoms with Gasteiger partial charge in [0, 0.05) is 7.05 Å². The number of ether oxygens (including phenoxy) is 1. The summed E-state index contributed by atoms with van der Waals surface area (Å²) in [6.45, 7) is 0.276. The van der Waals surface area contributed by atoms with E-state index in [4.69, 9.17) is 27.9 Å². The fraction of sp³-hybridized carbons (Fsp3) is 0.154. The van der Waals surface area contributed by atoms with Crippen LogP contribution in [0, 0.1) is 0 Å². The van der Waals surface area contributed by atoms with Crippen molar-refractivity contribution in [2.45, 2.75) is 6.61 Å². The van der Waals surface area contributed by atoms with Crippen LogP contribution in [-0.4, -0.2) is 12.0 Å². The molecular weight excluding hydrogens is 271 g/mol. The van der Waals surface area contributed by atoms with Gasteiger partial charge in [-0.1, -0.05) is 35.3 Å². The zero-order valence-corrected chi connectivity index (χ0v) is 11.3. The van der Waals surface area contributed by atoms with Crippen molar-refractivity contribution >= 4 is 29.0 Å². The molecule has 0 saturated carbocycles. The van der Waals surface area contributed by atoms with E-state index in [-0.39, 0.29) is 6.61 Å². The molecule has 2 rings (SSSR count). The minimum absolute atomic E-state index is 0.276. The Hall–Kier alpha value is -1.45. The van der Waals surface area contributed by atoms with Crippen LogP contribution in [-0.2, 0) is 6.61 Å². The number of benzene rings is 1. The van der Waals surface area contributed by atoms with Crippen LogP contribution in [0.2, 0.25) is 10.0 Å². The van der Waals surface area contributed by atoms with Gasteiger partial charge < -0.3 is 10.1 Å². The van der Waals surface area contributed by atoms with E-state index in [1.807, 2.05) is 12.1 Å². The van der Waals surface area contributed by atoms with Crippen molar-refractivity contribution in [2.75, 3.05) is 12.4 Å². The maximum absolute atomic E-state index is 6.06. The van der Waals surface area contributed by atoms with Crippen LogP contribution in [0.5, 0.6) is 5.75 Å². The predicted molar refractivity (Wildman–Crippen MR) is 74.6 cm³/mol. The maximum Gasteiger partial charge on any atom is 0.138 e. The summed E-state index contributed by atoms with van der Waals surface area (Å²) in [5.74, 6) is 1.36. The van der Waals surface area contributed by atoms with Gasteiger partial charge in [0.1, 0.15) is 18.2 Å². The molecule has 0 saturated heterocycles. The highest BCUT2D eigenvalue weighted by Crippen LogP contribution is 2.25. The van der Waals surface area contributed by atoms with Gasteiger partial charge in [-0.05, 0) is 24.3 Å². The molecule has 0 atom stereocenters. The maximum atomic E-state index is 6.06. The lowest BCUT2D eigenvalue weighted by Gasteiger charge is -2.09. The summed E-state index contributed by atoms with van der Waals surface area (Å²) in [6.07, 6.45) is 0. The second-order valence-corrected chi connectivity index (χ2v) is 4.41. The van der Waals surface area contributed by atoms with Crippen LogP contribution in [0.4, 0.5) is 5.82 Å². The van der Waals surface area contributed by atoms with Crippen LogP contribution in [0.25, 0.3) is 0 Å². The number of aromatic nitrogens is 1. The number of para-hydroxylation sites is 1. The number of nitrogens with one attached hydrogen (secondary N) is 1. The predicted octanol–water partition coefficient (Wildman–Crippen LogP) is 4.01. The molecule has 0 aliphatic carbocycles. The van der Waals surface area contributed by atoms with E-state index in [0.29, 0.717) is 21.5 Å². The Morgan fingerprint density at radius 2 is 1.89 bits per heavy atom. The molecular formula is C13H12Cl2N2O. The lowest BCUT2D eigenvalue weighted by molar-refractivity contribution is 0.302. The third kappa shape index (κ3) is 3.06. The minimum Gasteiger partial charge on any atom is -0.486 e. The van der Waals surface area contributed by atoms with Crippen molar-refractivity contribution < 1.29 is 4.74 Å². The number of hydrogen-bond donors (Lipinski definition) is 1. The quantitative estimate of drug-likeness (QED) is 0.920. The van der Waals surface area contributed by atoms with Crippen molar-refractivity contribution in [3.63, 3.8) is 0 Å². The molecule has 0 unspecified atom stereocenters. The SMILES string of the molecule is CNc1ccc(Cl)c(COc2ccccc2Cl)n1. The van der Waals surface area contributed by atoms with Crippen molar-refractivity contribution in [2.24, 2.45) is 0 Å². The first kappa shape index (κ1) is 13.0. The average Bonchev–Trinajstić information content (AvgIpc) is 2.39. The first-order chi connectivity index (χ1) is 8.70. The van der Waals surface area contributed by atoms with E-state index >= 15 is 0 Å². The Bertz CT molecular complexity index is 546. The zero-order valence-electron chi connectivity index (χ0n) is 9.78. The summed E-state index contributed by atoms with van der Waals surface area (Å²) in [4.78, 5) is 4.32. The van der Waals surface area contributed by atoms with Gasteiger partial charge in [0.15, 0.2) is 0 Å². The topological polar surface area (TPSA) is 34.1 Å². The Labute approximate surface area is 116 Å². The molecule has 3 nitrogen and oxygen atoms in total. The van der Waals surface area contributed by atoms with Gasteiger partial charge in [-0.2, -0.15) is 0 Å². The van der Waals surface area contributed by atoms with E-state index in [2.05, 4.69) is 10.3 Å². The normalized spacial score (nSPS) is 10.2. The fourth-order valence-corrected chi connectivity index (χ4v) is 1.78. The summed E-state index contributed by atoms with van der Waals surface area (Å²) >= 11 is 12.1. The highest BCUT2D eigenvalue weighted by molar-refractivity contribution is 6.32. The van der Waals surface area contributed by atoms with E-state index in [1.54, 1.807) is 31.3 Å². The van der Waals surface area contributed by atoms with Crippen LogP contribution < -0.4 is 10.1 Å². The first-order valence-electron chi connectivity index (χ1n) is 5.41. The molecule has 0 amide bonds. The Kier molecular flexibility index (Phi) is 4.28. The number of nitrogens with zero attached hydrogens (tertiary/aromatic N) is 1. The molecule has 1 aromatic carbocycles. The van der Waals surface area contributed by atoms with E-state index < -0.39 is 0 Å². The lowest BCUT2D eigenvalue weighted by atomic mass is 10.3. The summed E-state index contributed by atoms with van der Waals surface area (Å²) < 4.78 is 5.60. The molecule has 0 aliphatic heterocycles. The second kappa shape index (κ2) is 5.94. The molecule has 2 aromatic rings. The first-order valence-corrected chi connectivity index (χ1v) is 6.17. The minimum atomic E-state index is 0.276. The third-order valence-corrected chi connectivity index (χ3v) is 3.03. The Morgan fingerprint density at radius 3 is 2.61 bits per heavy atom. The molecule has 0 bridgehead atoms. The largest absolute Gasteiger partial charge is 0.486 e. The van der Waals surface area contributed by atoms with E-state index in [1.165, 1.54) is 0 Å². The molecule has 18 heavy (non-hydrogen) atoms. The van der Waals surface area contributed by atoms with Crippen molar-refractivity contribution in [3.05, 3.63) is 52.1 Å². The van der Waals surface area contributed by atoms with Gasteiger partial charge in [-0.25, -0.2) is 4.98 Å². The van der Waals surface area contributed by atoms with Gasteiger partial charge in [-0.15, -0.1) is 0 Å². The molecule has 0 fully saturated rings. The fourth-order valence-electron chi connectivity index (χ4n) is 1.43. The highest BCUT2D eigenvalue weighted by atomic mass is 35.5. The molecule has 1 N–H and O–H groups in total. The van der Waals surface area contributed by atoms with E-state index in [0.717, 1.165) is 5.82 Å². The zero-order chi connectivity index (χ0) is 13.0. The number of anilines is 1. The van der Waals surface area contributed by atoms with Crippen molar-refractivity contribution in [1.82, 2.24) is 4.98 Å². The van der Waals surface area contributed by atoms with Gasteiger partial charge >= 0.3 is 0 Å². The summed E-state index contributed by atoms with van der Waals surface area (Å²) in [6, 6.07) is 10.9. The summed E-state index contributed by atoms with van der Waals surface area (Å²) in [5, 5.41) is 4.09. The molecule has 94 valence electrons. The molecule has 1 heterocycles. The van der Waals surface area contributed by atoms with Crippen LogP contribution in [0.1, 0.15) is 5.69 Å². The van der Waals surface area contributed by atoms with Crippen LogP contribution in [0.3, 0.4) is 0 Å². The number of hydrogen-bond acceptors (Lipinski definition) is 3. The molecule has 5 heteroatoms. The van der Waals surface area contributed by atoms with Gasteiger partial charge in [0.25, 0.3) is 0 Å². The summed E-state index contributed by atoms with van der Waals surface area (Å²) in [7, 11) is 1.80. The lowest BCUT2D eigenvalue weighted by Crippen LogP contribution is -2.02. The average molecular weight is 283 g/mol. The smallest absolute Gasteiger partial charge is 0.138 e. The third-order valence-electron chi connectivity index (χ3n) is 2.38. The Morgan fingerprint density at radius 1 is 1.11 bits per heavy atom. The summed E-state index contributed by atoms with van der Waals surface area (Å²) in [5.41, 5.74) is 0.670. The van der Waals surface area contributed by atoms with Gasteiger partial charge in [0.2, 0.25) is 0 Å². The number of halogens is 2. The van der Waals surface area contributed by atoms with Gasteiger partial charge in [0.05, 0.1) is 15.7 Å². The molecule has 0 aliphatic rings. The number of pyridine rings is 1. The molecule has 1 aromatic heterocycles.